The molecule has 5 nitrogen and oxygen atoms in total. The second kappa shape index (κ2) is 5.53. The van der Waals surface area contributed by atoms with E-state index < -0.39 is 5.97 Å². The zero-order valence-corrected chi connectivity index (χ0v) is 8.99. The number of aromatic carboxylic acids is 1. The Morgan fingerprint density at radius 3 is 2.87 bits per heavy atom. The highest BCUT2D eigenvalue weighted by atomic mass is 16.4. The van der Waals surface area contributed by atoms with Gasteiger partial charge in [-0.3, -0.25) is 4.90 Å². The number of furan rings is 1. The number of rotatable bonds is 6. The zero-order valence-electron chi connectivity index (χ0n) is 8.99. The van der Waals surface area contributed by atoms with Gasteiger partial charge in [0.25, 0.3) is 0 Å². The molecule has 2 N–H and O–H groups in total. The van der Waals surface area contributed by atoms with E-state index in [0.29, 0.717) is 12.3 Å². The van der Waals surface area contributed by atoms with E-state index in [1.54, 1.807) is 6.07 Å². The molecule has 0 amide bonds. The number of nitrogens with one attached hydrogen (secondary N) is 1. The second-order valence-corrected chi connectivity index (χ2v) is 3.41. The van der Waals surface area contributed by atoms with Crippen molar-refractivity contribution in [2.45, 2.75) is 6.54 Å². The van der Waals surface area contributed by atoms with E-state index >= 15 is 0 Å². The summed E-state index contributed by atoms with van der Waals surface area (Å²) in [5, 5.41) is 11.7. The molecule has 0 fully saturated rings. The molecule has 0 bridgehead atoms. The summed E-state index contributed by atoms with van der Waals surface area (Å²) in [6.45, 7) is 2.40. The highest BCUT2D eigenvalue weighted by Gasteiger charge is 2.09. The summed E-state index contributed by atoms with van der Waals surface area (Å²) in [6.07, 6.45) is 0. The van der Waals surface area contributed by atoms with Crippen LogP contribution in [0.3, 0.4) is 0 Å². The number of nitrogens with zero attached hydrogens (tertiary/aromatic N) is 1. The first-order valence-electron chi connectivity index (χ1n) is 4.78. The van der Waals surface area contributed by atoms with Gasteiger partial charge >= 0.3 is 5.97 Å². The summed E-state index contributed by atoms with van der Waals surface area (Å²) in [6, 6.07) is 3.17. The Morgan fingerprint density at radius 2 is 2.33 bits per heavy atom. The summed E-state index contributed by atoms with van der Waals surface area (Å²) in [5.74, 6) is -0.364. The molecule has 1 aromatic heterocycles. The average Bonchev–Trinajstić information content (AvgIpc) is 2.63. The maximum absolute atomic E-state index is 10.6. The summed E-state index contributed by atoms with van der Waals surface area (Å²) in [5.41, 5.74) is 0. The van der Waals surface area contributed by atoms with Gasteiger partial charge in [-0.25, -0.2) is 4.79 Å². The predicted octanol–water partition coefficient (Wildman–Crippen LogP) is 0.629. The zero-order chi connectivity index (χ0) is 11.3. The van der Waals surface area contributed by atoms with E-state index in [9.17, 15) is 4.79 Å². The predicted molar refractivity (Wildman–Crippen MR) is 55.9 cm³/mol. The lowest BCUT2D eigenvalue weighted by Gasteiger charge is -2.14. The minimum Gasteiger partial charge on any atom is -0.475 e. The molecule has 0 aliphatic rings. The number of carbonyl (C=O) groups is 1. The molecule has 0 spiro atoms. The van der Waals surface area contributed by atoms with Crippen molar-refractivity contribution in [2.24, 2.45) is 0 Å². The van der Waals surface area contributed by atoms with E-state index in [2.05, 4.69) is 10.2 Å². The normalized spacial score (nSPS) is 10.9. The molecular formula is C10H16N2O3. The van der Waals surface area contributed by atoms with Gasteiger partial charge in [0.05, 0.1) is 6.54 Å². The SMILES string of the molecule is CNCCN(C)Cc1ccc(C(=O)O)o1. The largest absolute Gasteiger partial charge is 0.475 e. The van der Waals surface area contributed by atoms with Crippen LogP contribution in [0.25, 0.3) is 0 Å². The van der Waals surface area contributed by atoms with E-state index in [1.165, 1.54) is 6.07 Å². The van der Waals surface area contributed by atoms with Crippen molar-refractivity contribution in [1.82, 2.24) is 10.2 Å². The fourth-order valence-corrected chi connectivity index (χ4v) is 1.23. The van der Waals surface area contributed by atoms with Gasteiger partial charge in [0.2, 0.25) is 5.76 Å². The van der Waals surface area contributed by atoms with Crippen molar-refractivity contribution in [3.8, 4) is 0 Å². The van der Waals surface area contributed by atoms with Crippen LogP contribution in [0, 0.1) is 0 Å². The molecule has 1 aromatic rings. The van der Waals surface area contributed by atoms with Crippen LogP contribution in [0.1, 0.15) is 16.3 Å². The lowest BCUT2D eigenvalue weighted by atomic mass is 10.4. The summed E-state index contributed by atoms with van der Waals surface area (Å²) >= 11 is 0. The quantitative estimate of drug-likeness (QED) is 0.724. The van der Waals surface area contributed by atoms with Crippen molar-refractivity contribution < 1.29 is 14.3 Å². The average molecular weight is 212 g/mol. The first-order chi connectivity index (χ1) is 7.13. The third-order valence-corrected chi connectivity index (χ3v) is 2.04. The van der Waals surface area contributed by atoms with Crippen LogP contribution in [-0.2, 0) is 6.54 Å². The molecule has 0 radical (unpaired) electrons. The van der Waals surface area contributed by atoms with E-state index in [-0.39, 0.29) is 5.76 Å². The first kappa shape index (κ1) is 11.7. The maximum Gasteiger partial charge on any atom is 0.371 e. The van der Waals surface area contributed by atoms with E-state index in [4.69, 9.17) is 9.52 Å². The molecule has 0 atom stereocenters. The molecule has 1 heterocycles. The van der Waals surface area contributed by atoms with Gasteiger partial charge in [-0.2, -0.15) is 0 Å². The Balaban J connectivity index is 2.46. The second-order valence-electron chi connectivity index (χ2n) is 3.41. The third-order valence-electron chi connectivity index (χ3n) is 2.04. The molecule has 0 saturated carbocycles. The van der Waals surface area contributed by atoms with Crippen LogP contribution in [-0.4, -0.2) is 43.2 Å². The Bertz CT molecular complexity index is 322. The van der Waals surface area contributed by atoms with E-state index in [1.807, 2.05) is 14.1 Å². The molecule has 0 aliphatic heterocycles. The molecule has 0 unspecified atom stereocenters. The number of hydrogen-bond donors (Lipinski definition) is 2. The van der Waals surface area contributed by atoms with Crippen molar-refractivity contribution in [2.75, 3.05) is 27.2 Å². The maximum atomic E-state index is 10.6. The Morgan fingerprint density at radius 1 is 1.60 bits per heavy atom. The topological polar surface area (TPSA) is 65.7 Å². The number of carboxylic acid groups (broad SMARTS) is 1. The molecule has 15 heavy (non-hydrogen) atoms. The lowest BCUT2D eigenvalue weighted by molar-refractivity contribution is 0.0659. The Labute approximate surface area is 88.7 Å². The molecule has 0 saturated heterocycles. The van der Waals surface area contributed by atoms with Gasteiger partial charge in [0.1, 0.15) is 5.76 Å². The number of carboxylic acids is 1. The van der Waals surface area contributed by atoms with Crippen LogP contribution < -0.4 is 5.32 Å². The fourth-order valence-electron chi connectivity index (χ4n) is 1.23. The van der Waals surface area contributed by atoms with Gasteiger partial charge in [-0.05, 0) is 26.2 Å². The number of hydrogen-bond acceptors (Lipinski definition) is 4. The van der Waals surface area contributed by atoms with Gasteiger partial charge in [0, 0.05) is 13.1 Å². The lowest BCUT2D eigenvalue weighted by Crippen LogP contribution is -2.26. The van der Waals surface area contributed by atoms with Crippen LogP contribution in [0.4, 0.5) is 0 Å². The molecule has 5 heteroatoms. The molecule has 84 valence electrons. The van der Waals surface area contributed by atoms with Crippen molar-refractivity contribution in [1.29, 1.82) is 0 Å². The third kappa shape index (κ3) is 3.73. The monoisotopic (exact) mass is 212 g/mol. The van der Waals surface area contributed by atoms with Gasteiger partial charge in [-0.15, -0.1) is 0 Å². The van der Waals surface area contributed by atoms with Crippen molar-refractivity contribution in [3.05, 3.63) is 23.7 Å². The van der Waals surface area contributed by atoms with Crippen LogP contribution in [0.2, 0.25) is 0 Å². The Kier molecular flexibility index (Phi) is 4.33. The summed E-state index contributed by atoms with van der Waals surface area (Å²) in [7, 11) is 3.85. The molecule has 0 aliphatic carbocycles. The first-order valence-corrected chi connectivity index (χ1v) is 4.78. The van der Waals surface area contributed by atoms with Crippen LogP contribution in [0.5, 0.6) is 0 Å². The fraction of sp³-hybridized carbons (Fsp3) is 0.500. The molecular weight excluding hydrogens is 196 g/mol. The standard InChI is InChI=1S/C10H16N2O3/c1-11-5-6-12(2)7-8-3-4-9(15-8)10(13)14/h3-4,11H,5-7H2,1-2H3,(H,13,14). The molecule has 0 aromatic carbocycles. The van der Waals surface area contributed by atoms with Gasteiger partial charge < -0.3 is 14.8 Å². The van der Waals surface area contributed by atoms with Gasteiger partial charge in [-0.1, -0.05) is 0 Å². The molecule has 1 rings (SSSR count). The van der Waals surface area contributed by atoms with Gasteiger partial charge in [0.15, 0.2) is 0 Å². The minimum atomic E-state index is -1.03. The number of likely N-dealkylation sites (N-methyl/N-ethyl adjacent to an activating group) is 2. The summed E-state index contributed by atoms with van der Waals surface area (Å²) < 4.78 is 5.13. The van der Waals surface area contributed by atoms with E-state index in [0.717, 1.165) is 13.1 Å². The highest BCUT2D eigenvalue weighted by molar-refractivity contribution is 5.84. The van der Waals surface area contributed by atoms with Crippen LogP contribution >= 0.6 is 0 Å². The Hall–Kier alpha value is -1.33. The van der Waals surface area contributed by atoms with Crippen molar-refractivity contribution in [3.63, 3.8) is 0 Å². The summed E-state index contributed by atoms with van der Waals surface area (Å²) in [4.78, 5) is 12.6. The smallest absolute Gasteiger partial charge is 0.371 e. The van der Waals surface area contributed by atoms with Crippen molar-refractivity contribution >= 4 is 5.97 Å². The van der Waals surface area contributed by atoms with Crippen LogP contribution in [0.15, 0.2) is 16.5 Å². The highest BCUT2D eigenvalue weighted by Crippen LogP contribution is 2.09. The minimum absolute atomic E-state index is 0.00739.